The Balaban J connectivity index is 1.16. The number of ether oxygens (including phenoxy) is 1. The molecule has 0 radical (unpaired) electrons. The van der Waals surface area contributed by atoms with Crippen LogP contribution in [-0.4, -0.2) is 31.1 Å². The Hall–Kier alpha value is -3.76. The SMILES string of the molecule is O[C@@H]1CCCC[C@H]1Cc1nc2ccc(Oc3ccnc(-c4ccc(-c5ncc(C(F)(F)F)[nH]5)cc4)c3)cc2s1. The Morgan fingerprint density at radius 3 is 2.49 bits per heavy atom. The highest BCUT2D eigenvalue weighted by molar-refractivity contribution is 7.18. The van der Waals surface area contributed by atoms with Crippen molar-refractivity contribution >= 4 is 21.6 Å². The van der Waals surface area contributed by atoms with Crippen LogP contribution in [0.15, 0.2) is 67.0 Å². The third-order valence-electron chi connectivity index (χ3n) is 7.01. The van der Waals surface area contributed by atoms with Crippen LogP contribution in [0.5, 0.6) is 11.5 Å². The van der Waals surface area contributed by atoms with E-state index in [0.29, 0.717) is 22.8 Å². The van der Waals surface area contributed by atoms with Crippen LogP contribution in [0.1, 0.15) is 36.4 Å². The number of nitrogens with one attached hydrogen (secondary N) is 1. The van der Waals surface area contributed by atoms with Crippen LogP contribution in [-0.2, 0) is 12.6 Å². The van der Waals surface area contributed by atoms with E-state index in [1.54, 1.807) is 47.9 Å². The zero-order valence-corrected chi connectivity index (χ0v) is 21.6. The number of rotatable bonds is 6. The van der Waals surface area contributed by atoms with Gasteiger partial charge in [-0.1, -0.05) is 37.1 Å². The third-order valence-corrected chi connectivity index (χ3v) is 8.05. The van der Waals surface area contributed by atoms with Crippen molar-refractivity contribution in [3.05, 3.63) is 77.7 Å². The molecule has 1 fully saturated rings. The van der Waals surface area contributed by atoms with Crippen LogP contribution < -0.4 is 4.74 Å². The summed E-state index contributed by atoms with van der Waals surface area (Å²) in [5.74, 6) is 1.71. The standard InChI is InChI=1S/C29H25F3N4O2S/c30-29(31,32)26-16-34-28(36-26)18-7-5-17(6-8-18)23-14-21(11-12-33-23)38-20-9-10-22-25(15-20)39-27(35-22)13-19-3-1-2-4-24(19)37/h5-12,14-16,19,24,37H,1-4,13H2,(H,34,36)/t19-,24+/m0/s1. The maximum atomic E-state index is 12.9. The number of halogens is 3. The summed E-state index contributed by atoms with van der Waals surface area (Å²) >= 11 is 1.64. The normalized spacial score (nSPS) is 17.9. The van der Waals surface area contributed by atoms with Gasteiger partial charge in [-0.15, -0.1) is 11.3 Å². The first kappa shape index (κ1) is 25.5. The molecule has 2 aromatic carbocycles. The predicted octanol–water partition coefficient (Wildman–Crippen LogP) is 7.65. The minimum atomic E-state index is -4.47. The van der Waals surface area contributed by atoms with E-state index < -0.39 is 11.9 Å². The smallest absolute Gasteiger partial charge is 0.432 e. The third kappa shape index (κ3) is 5.67. The van der Waals surface area contributed by atoms with Crippen molar-refractivity contribution in [3.8, 4) is 34.1 Å². The summed E-state index contributed by atoms with van der Waals surface area (Å²) in [6.45, 7) is 0. The van der Waals surface area contributed by atoms with Crippen LogP contribution in [0, 0.1) is 5.92 Å². The molecule has 5 aromatic rings. The van der Waals surface area contributed by atoms with E-state index in [9.17, 15) is 18.3 Å². The topological polar surface area (TPSA) is 83.9 Å². The second-order valence-corrected chi connectivity index (χ2v) is 10.9. The van der Waals surface area contributed by atoms with E-state index in [4.69, 9.17) is 9.72 Å². The lowest BCUT2D eigenvalue weighted by Gasteiger charge is -2.26. The predicted molar refractivity (Wildman–Crippen MR) is 144 cm³/mol. The van der Waals surface area contributed by atoms with Gasteiger partial charge in [0, 0.05) is 35.9 Å². The maximum Gasteiger partial charge on any atom is 0.432 e. The summed E-state index contributed by atoms with van der Waals surface area (Å²) in [6.07, 6.45) is 2.70. The number of hydrogen-bond acceptors (Lipinski definition) is 6. The first-order chi connectivity index (χ1) is 18.8. The molecule has 1 saturated carbocycles. The maximum absolute atomic E-state index is 12.9. The molecule has 10 heteroatoms. The van der Waals surface area contributed by atoms with Gasteiger partial charge in [0.25, 0.3) is 0 Å². The van der Waals surface area contributed by atoms with Gasteiger partial charge >= 0.3 is 6.18 Å². The number of nitrogens with zero attached hydrogens (tertiary/aromatic N) is 3. The minimum absolute atomic E-state index is 0.149. The number of hydrogen-bond donors (Lipinski definition) is 2. The number of aromatic nitrogens is 4. The first-order valence-corrected chi connectivity index (χ1v) is 13.6. The van der Waals surface area contributed by atoms with E-state index in [1.807, 2.05) is 24.3 Å². The molecule has 0 spiro atoms. The fourth-order valence-corrected chi connectivity index (χ4v) is 6.02. The molecule has 0 aliphatic heterocycles. The van der Waals surface area contributed by atoms with E-state index in [0.717, 1.165) is 59.1 Å². The van der Waals surface area contributed by atoms with Crippen molar-refractivity contribution < 1.29 is 23.0 Å². The molecule has 0 amide bonds. The second kappa shape index (κ2) is 10.4. The zero-order valence-electron chi connectivity index (χ0n) is 20.8. The van der Waals surface area contributed by atoms with Gasteiger partial charge < -0.3 is 14.8 Å². The quantitative estimate of drug-likeness (QED) is 0.227. The van der Waals surface area contributed by atoms with Crippen LogP contribution in [0.2, 0.25) is 0 Å². The molecule has 1 aliphatic rings. The van der Waals surface area contributed by atoms with Gasteiger partial charge in [-0.05, 0) is 37.0 Å². The van der Waals surface area contributed by atoms with E-state index in [2.05, 4.69) is 15.0 Å². The summed E-state index contributed by atoms with van der Waals surface area (Å²) in [6, 6.07) is 16.4. The van der Waals surface area contributed by atoms with Crippen molar-refractivity contribution in [1.82, 2.24) is 19.9 Å². The van der Waals surface area contributed by atoms with Gasteiger partial charge in [0.2, 0.25) is 0 Å². The summed E-state index contributed by atoms with van der Waals surface area (Å²) in [5, 5.41) is 11.4. The molecule has 0 saturated heterocycles. The lowest BCUT2D eigenvalue weighted by molar-refractivity contribution is -0.140. The summed E-state index contributed by atoms with van der Waals surface area (Å²) in [4.78, 5) is 15.3. The van der Waals surface area contributed by atoms with E-state index >= 15 is 0 Å². The highest BCUT2D eigenvalue weighted by Crippen LogP contribution is 2.34. The number of H-pyrrole nitrogens is 1. The van der Waals surface area contributed by atoms with Gasteiger partial charge in [-0.25, -0.2) is 9.97 Å². The molecular formula is C29H25F3N4O2S. The van der Waals surface area contributed by atoms with Crippen LogP contribution in [0.3, 0.4) is 0 Å². The Labute approximate surface area is 226 Å². The summed E-state index contributed by atoms with van der Waals surface area (Å²) in [7, 11) is 0. The average Bonchev–Trinajstić information content (AvgIpc) is 3.58. The number of thiazole rings is 1. The van der Waals surface area contributed by atoms with Crippen LogP contribution >= 0.6 is 11.3 Å². The van der Waals surface area contributed by atoms with Crippen molar-refractivity contribution in [1.29, 1.82) is 0 Å². The Kier molecular flexibility index (Phi) is 6.82. The first-order valence-electron chi connectivity index (χ1n) is 12.8. The lowest BCUT2D eigenvalue weighted by Crippen LogP contribution is -2.26. The van der Waals surface area contributed by atoms with Gasteiger partial charge in [0.1, 0.15) is 23.0 Å². The molecule has 3 aromatic heterocycles. The van der Waals surface area contributed by atoms with Gasteiger partial charge in [-0.2, -0.15) is 13.2 Å². The fourth-order valence-electron chi connectivity index (χ4n) is 4.93. The van der Waals surface area contributed by atoms with Gasteiger partial charge in [0.15, 0.2) is 0 Å². The molecule has 39 heavy (non-hydrogen) atoms. The van der Waals surface area contributed by atoms with Crippen molar-refractivity contribution in [2.75, 3.05) is 0 Å². The lowest BCUT2D eigenvalue weighted by atomic mass is 9.84. The number of aliphatic hydroxyl groups is 1. The number of benzene rings is 2. The second-order valence-electron chi connectivity index (χ2n) is 9.75. The molecule has 200 valence electrons. The monoisotopic (exact) mass is 550 g/mol. The Bertz CT molecular complexity index is 1600. The highest BCUT2D eigenvalue weighted by Gasteiger charge is 2.33. The fraction of sp³-hybridized carbons (Fsp3) is 0.276. The molecule has 0 bridgehead atoms. The van der Waals surface area contributed by atoms with Crippen LogP contribution in [0.25, 0.3) is 32.9 Å². The van der Waals surface area contributed by atoms with Crippen molar-refractivity contribution in [2.45, 2.75) is 44.4 Å². The molecular weight excluding hydrogens is 525 g/mol. The highest BCUT2D eigenvalue weighted by atomic mass is 32.1. The largest absolute Gasteiger partial charge is 0.457 e. The molecule has 2 atom stereocenters. The molecule has 6 nitrogen and oxygen atoms in total. The molecule has 0 unspecified atom stereocenters. The summed E-state index contributed by atoms with van der Waals surface area (Å²) in [5.41, 5.74) is 2.03. The number of aliphatic hydroxyl groups excluding tert-OH is 1. The molecule has 2 N–H and O–H groups in total. The number of imidazole rings is 1. The Morgan fingerprint density at radius 1 is 0.949 bits per heavy atom. The number of alkyl halides is 3. The number of pyridine rings is 1. The molecule has 3 heterocycles. The van der Waals surface area contributed by atoms with Gasteiger partial charge in [-0.3, -0.25) is 4.98 Å². The zero-order chi connectivity index (χ0) is 27.0. The molecule has 1 aliphatic carbocycles. The van der Waals surface area contributed by atoms with Crippen molar-refractivity contribution in [2.24, 2.45) is 5.92 Å². The number of fused-ring (bicyclic) bond motifs is 1. The molecule has 6 rings (SSSR count). The summed E-state index contributed by atoms with van der Waals surface area (Å²) < 4.78 is 45.8. The Morgan fingerprint density at radius 2 is 1.72 bits per heavy atom. The van der Waals surface area contributed by atoms with E-state index in [1.165, 1.54) is 0 Å². The van der Waals surface area contributed by atoms with Gasteiger partial charge in [0.05, 0.1) is 33.2 Å². The van der Waals surface area contributed by atoms with E-state index in [-0.39, 0.29) is 17.8 Å². The van der Waals surface area contributed by atoms with Crippen molar-refractivity contribution in [3.63, 3.8) is 0 Å². The number of aromatic amines is 1. The average molecular weight is 551 g/mol. The van der Waals surface area contributed by atoms with Crippen LogP contribution in [0.4, 0.5) is 13.2 Å². The minimum Gasteiger partial charge on any atom is -0.457 e.